The van der Waals surface area contributed by atoms with Crippen LogP contribution in [0, 0.1) is 0 Å². The first-order chi connectivity index (χ1) is 3.00. The van der Waals surface area contributed by atoms with E-state index < -0.39 is 0 Å². The van der Waals surface area contributed by atoms with Gasteiger partial charge in [0.2, 0.25) is 0 Å². The van der Waals surface area contributed by atoms with Crippen LogP contribution in [0.1, 0.15) is 0 Å². The Morgan fingerprint density at radius 2 is 1.00 bits per heavy atom. The first-order valence-corrected chi connectivity index (χ1v) is 2.41. The second-order valence-electron chi connectivity index (χ2n) is 1.50. The van der Waals surface area contributed by atoms with Gasteiger partial charge in [-0.1, -0.05) is 0 Å². The van der Waals surface area contributed by atoms with Crippen molar-refractivity contribution in [3.05, 3.63) is 0 Å². The Kier molecular flexibility index (Phi) is 6.95. The molecule has 1 rings (SSSR count). The summed E-state index contributed by atoms with van der Waals surface area (Å²) in [5.41, 5.74) is 0. The molecule has 0 bridgehead atoms. The van der Waals surface area contributed by atoms with E-state index in [0.29, 0.717) is 0 Å². The molecule has 0 aromatic rings. The Balaban J connectivity index is 0.000000360. The summed E-state index contributed by atoms with van der Waals surface area (Å²) in [6.45, 7) is 4.56. The maximum absolute atomic E-state index is 3.22. The van der Waals surface area contributed by atoms with Crippen molar-refractivity contribution in [3.63, 3.8) is 0 Å². The zero-order valence-electron chi connectivity index (χ0n) is 3.83. The van der Waals surface area contributed by atoms with Gasteiger partial charge in [0.15, 0.2) is 0 Å². The van der Waals surface area contributed by atoms with E-state index in [1.165, 1.54) is 0 Å². The van der Waals surface area contributed by atoms with Gasteiger partial charge in [0.25, 0.3) is 0 Å². The molecule has 1 fully saturated rings. The summed E-state index contributed by atoms with van der Waals surface area (Å²) in [4.78, 5) is 0. The predicted molar refractivity (Wildman–Crippen MR) is 32.9 cm³/mol. The van der Waals surface area contributed by atoms with Crippen molar-refractivity contribution in [2.75, 3.05) is 26.2 Å². The average Bonchev–Trinajstić information content (AvgIpc) is 1.72. The molecule has 0 amide bonds. The molecule has 0 spiro atoms. The SMILES string of the molecule is C1CNCCN1.[KH]. The van der Waals surface area contributed by atoms with Gasteiger partial charge in [-0.25, -0.2) is 0 Å². The van der Waals surface area contributed by atoms with Gasteiger partial charge in [0, 0.05) is 26.2 Å². The van der Waals surface area contributed by atoms with Gasteiger partial charge in [0.05, 0.1) is 0 Å². The minimum absolute atomic E-state index is 0. The standard InChI is InChI=1S/C4H10N2.K.H/c1-2-6-4-3-5-1;;/h5-6H,1-4H2;;. The van der Waals surface area contributed by atoms with Gasteiger partial charge < -0.3 is 10.6 Å². The van der Waals surface area contributed by atoms with E-state index >= 15 is 0 Å². The second-order valence-corrected chi connectivity index (χ2v) is 1.50. The third-order valence-electron chi connectivity index (χ3n) is 0.957. The van der Waals surface area contributed by atoms with E-state index in [4.69, 9.17) is 0 Å². The van der Waals surface area contributed by atoms with Crippen LogP contribution in [0.25, 0.3) is 0 Å². The van der Waals surface area contributed by atoms with Crippen molar-refractivity contribution in [2.45, 2.75) is 0 Å². The molecule has 0 radical (unpaired) electrons. The first-order valence-electron chi connectivity index (χ1n) is 2.41. The first kappa shape index (κ1) is 8.56. The van der Waals surface area contributed by atoms with E-state index in [0.717, 1.165) is 26.2 Å². The monoisotopic (exact) mass is 126 g/mol. The maximum atomic E-state index is 3.22. The zero-order valence-corrected chi connectivity index (χ0v) is 3.83. The van der Waals surface area contributed by atoms with Crippen molar-refractivity contribution in [3.8, 4) is 0 Å². The minimum atomic E-state index is 0. The van der Waals surface area contributed by atoms with E-state index in [2.05, 4.69) is 10.6 Å². The van der Waals surface area contributed by atoms with E-state index in [1.807, 2.05) is 0 Å². The Hall–Kier alpha value is 1.56. The molecule has 0 unspecified atom stereocenters. The van der Waals surface area contributed by atoms with Gasteiger partial charge in [-0.2, -0.15) is 0 Å². The molecule has 1 saturated heterocycles. The number of nitrogens with one attached hydrogen (secondary N) is 2. The van der Waals surface area contributed by atoms with Crippen molar-refractivity contribution in [2.24, 2.45) is 0 Å². The van der Waals surface area contributed by atoms with Gasteiger partial charge >= 0.3 is 51.4 Å². The fraction of sp³-hybridized carbons (Fsp3) is 1.00. The number of hydrogen-bond donors (Lipinski definition) is 2. The van der Waals surface area contributed by atoms with Gasteiger partial charge in [-0.05, 0) is 0 Å². The fourth-order valence-electron chi connectivity index (χ4n) is 0.604. The summed E-state index contributed by atoms with van der Waals surface area (Å²) in [5.74, 6) is 0. The fourth-order valence-corrected chi connectivity index (χ4v) is 0.604. The predicted octanol–water partition coefficient (Wildman–Crippen LogP) is -1.47. The number of hydrogen-bond acceptors (Lipinski definition) is 2. The number of rotatable bonds is 0. The van der Waals surface area contributed by atoms with Crippen LogP contribution < -0.4 is 10.6 Å². The van der Waals surface area contributed by atoms with Crippen LogP contribution in [-0.2, 0) is 0 Å². The Morgan fingerprint density at radius 1 is 0.714 bits per heavy atom. The van der Waals surface area contributed by atoms with Crippen LogP contribution in [-0.4, -0.2) is 77.6 Å². The van der Waals surface area contributed by atoms with Crippen molar-refractivity contribution in [1.82, 2.24) is 10.6 Å². The van der Waals surface area contributed by atoms with Gasteiger partial charge in [0.1, 0.15) is 0 Å². The quantitative estimate of drug-likeness (QED) is 0.387. The van der Waals surface area contributed by atoms with E-state index in [-0.39, 0.29) is 51.4 Å². The van der Waals surface area contributed by atoms with E-state index in [1.54, 1.807) is 0 Å². The Labute approximate surface area is 86.9 Å². The van der Waals surface area contributed by atoms with Crippen LogP contribution in [0.15, 0.2) is 0 Å². The van der Waals surface area contributed by atoms with Gasteiger partial charge in [-0.3, -0.25) is 0 Å². The summed E-state index contributed by atoms with van der Waals surface area (Å²) in [7, 11) is 0. The normalized spacial score (nSPS) is 20.6. The van der Waals surface area contributed by atoms with Crippen LogP contribution in [0.2, 0.25) is 0 Å². The van der Waals surface area contributed by atoms with Crippen LogP contribution >= 0.6 is 0 Å². The molecular weight excluding hydrogens is 115 g/mol. The third-order valence-corrected chi connectivity index (χ3v) is 0.957. The molecule has 0 aromatic carbocycles. The summed E-state index contributed by atoms with van der Waals surface area (Å²) < 4.78 is 0. The van der Waals surface area contributed by atoms with Crippen LogP contribution in [0.4, 0.5) is 0 Å². The molecule has 38 valence electrons. The molecule has 1 aliphatic heterocycles. The zero-order chi connectivity index (χ0) is 4.24. The average molecular weight is 126 g/mol. The van der Waals surface area contributed by atoms with Crippen molar-refractivity contribution in [1.29, 1.82) is 0 Å². The summed E-state index contributed by atoms with van der Waals surface area (Å²) in [6, 6.07) is 0. The van der Waals surface area contributed by atoms with Gasteiger partial charge in [-0.15, -0.1) is 0 Å². The third kappa shape index (κ3) is 4.09. The molecule has 2 N–H and O–H groups in total. The topological polar surface area (TPSA) is 24.1 Å². The molecule has 7 heavy (non-hydrogen) atoms. The van der Waals surface area contributed by atoms with Crippen molar-refractivity contribution < 1.29 is 0 Å². The summed E-state index contributed by atoms with van der Waals surface area (Å²) in [6.07, 6.45) is 0. The Bertz CT molecular complexity index is 25.2. The summed E-state index contributed by atoms with van der Waals surface area (Å²) in [5, 5.41) is 6.44. The molecule has 0 saturated carbocycles. The molecule has 0 aromatic heterocycles. The number of piperazine rings is 1. The molecular formula is C4H11KN2. The molecule has 1 heterocycles. The summed E-state index contributed by atoms with van der Waals surface area (Å²) >= 11 is 0. The molecule has 0 atom stereocenters. The molecule has 3 heteroatoms. The van der Waals surface area contributed by atoms with E-state index in [9.17, 15) is 0 Å². The molecule has 2 nitrogen and oxygen atoms in total. The molecule has 0 aliphatic carbocycles. The molecule has 1 aliphatic rings. The van der Waals surface area contributed by atoms with Crippen molar-refractivity contribution >= 4 is 51.4 Å². The van der Waals surface area contributed by atoms with Crippen LogP contribution in [0.3, 0.4) is 0 Å². The second kappa shape index (κ2) is 5.69. The Morgan fingerprint density at radius 3 is 1.14 bits per heavy atom. The van der Waals surface area contributed by atoms with Crippen LogP contribution in [0.5, 0.6) is 0 Å².